The number of benzene rings is 1. The molecule has 0 unspecified atom stereocenters. The van der Waals surface area contributed by atoms with Gasteiger partial charge in [-0.25, -0.2) is 14.3 Å². The molecule has 2 N–H and O–H groups in total. The molecule has 0 bridgehead atoms. The maximum Gasteiger partial charge on any atom is 0.359 e. The van der Waals surface area contributed by atoms with E-state index >= 15 is 0 Å². The van der Waals surface area contributed by atoms with Crippen molar-refractivity contribution in [3.8, 4) is 5.69 Å². The number of carbonyl (C=O) groups excluding carboxylic acids is 2. The molecule has 0 amide bonds. The Morgan fingerprint density at radius 1 is 1.24 bits per heavy atom. The zero-order valence-electron chi connectivity index (χ0n) is 11.5. The number of nitrogens with two attached hydrogens (primary N) is 1. The molecule has 0 aliphatic heterocycles. The summed E-state index contributed by atoms with van der Waals surface area (Å²) in [7, 11) is 0. The summed E-state index contributed by atoms with van der Waals surface area (Å²) < 4.78 is 10.9. The topological polar surface area (TPSA) is 96.4 Å². The minimum absolute atomic E-state index is 0.0857. The average molecular weight is 289 g/mol. The molecular formula is C14H15N3O4. The first-order valence-corrected chi connectivity index (χ1v) is 6.35. The third kappa shape index (κ3) is 3.59. The predicted molar refractivity (Wildman–Crippen MR) is 74.9 cm³/mol. The van der Waals surface area contributed by atoms with Crippen LogP contribution in [0.2, 0.25) is 0 Å². The molecule has 0 fully saturated rings. The van der Waals surface area contributed by atoms with Gasteiger partial charge in [0.2, 0.25) is 0 Å². The van der Waals surface area contributed by atoms with Crippen LogP contribution in [0.4, 0.5) is 5.69 Å². The first-order chi connectivity index (χ1) is 10.1. The highest BCUT2D eigenvalue weighted by Crippen LogP contribution is 2.15. The summed E-state index contributed by atoms with van der Waals surface area (Å²) in [6.45, 7) is 1.47. The number of nitrogens with zero attached hydrogens (tertiary/aromatic N) is 2. The molecule has 0 aliphatic rings. The SMILES string of the molecule is CCOC(=O)COC(=O)c1ccn(-c2ccccc2N)n1. The molecule has 1 aromatic heterocycles. The van der Waals surface area contributed by atoms with Gasteiger partial charge >= 0.3 is 11.9 Å². The van der Waals surface area contributed by atoms with Gasteiger partial charge in [0.1, 0.15) is 0 Å². The van der Waals surface area contributed by atoms with E-state index in [-0.39, 0.29) is 12.3 Å². The van der Waals surface area contributed by atoms with Crippen molar-refractivity contribution >= 4 is 17.6 Å². The second-order valence-corrected chi connectivity index (χ2v) is 4.09. The van der Waals surface area contributed by atoms with Crippen LogP contribution in [0.5, 0.6) is 0 Å². The van der Waals surface area contributed by atoms with Crippen LogP contribution in [-0.4, -0.2) is 34.9 Å². The number of para-hydroxylation sites is 2. The lowest BCUT2D eigenvalue weighted by atomic mass is 10.3. The summed E-state index contributed by atoms with van der Waals surface area (Å²) in [6.07, 6.45) is 1.59. The van der Waals surface area contributed by atoms with Gasteiger partial charge < -0.3 is 15.2 Å². The molecule has 0 spiro atoms. The Balaban J connectivity index is 2.05. The molecule has 0 saturated heterocycles. The fourth-order valence-corrected chi connectivity index (χ4v) is 1.66. The van der Waals surface area contributed by atoms with Crippen molar-refractivity contribution in [1.82, 2.24) is 9.78 Å². The Bertz CT molecular complexity index is 651. The fourth-order valence-electron chi connectivity index (χ4n) is 1.66. The van der Waals surface area contributed by atoms with Crippen LogP contribution in [0.15, 0.2) is 36.5 Å². The quantitative estimate of drug-likeness (QED) is 0.655. The molecule has 0 atom stereocenters. The van der Waals surface area contributed by atoms with E-state index < -0.39 is 18.5 Å². The number of aromatic nitrogens is 2. The summed E-state index contributed by atoms with van der Waals surface area (Å²) >= 11 is 0. The second-order valence-electron chi connectivity index (χ2n) is 4.09. The molecule has 0 aliphatic carbocycles. The first kappa shape index (κ1) is 14.6. The van der Waals surface area contributed by atoms with Crippen LogP contribution < -0.4 is 5.73 Å². The van der Waals surface area contributed by atoms with Crippen LogP contribution in [0.25, 0.3) is 5.69 Å². The van der Waals surface area contributed by atoms with Gasteiger partial charge in [0.05, 0.1) is 18.0 Å². The molecule has 0 saturated carbocycles. The van der Waals surface area contributed by atoms with Gasteiger partial charge in [-0.1, -0.05) is 12.1 Å². The number of esters is 2. The van der Waals surface area contributed by atoms with Crippen LogP contribution in [-0.2, 0) is 14.3 Å². The van der Waals surface area contributed by atoms with Gasteiger partial charge in [0.25, 0.3) is 0 Å². The summed E-state index contributed by atoms with van der Waals surface area (Å²) in [6, 6.07) is 8.61. The lowest BCUT2D eigenvalue weighted by molar-refractivity contribution is -0.146. The minimum Gasteiger partial charge on any atom is -0.463 e. The van der Waals surface area contributed by atoms with E-state index in [1.165, 1.54) is 10.7 Å². The Kier molecular flexibility index (Phi) is 4.55. The first-order valence-electron chi connectivity index (χ1n) is 6.35. The van der Waals surface area contributed by atoms with Crippen molar-refractivity contribution in [3.63, 3.8) is 0 Å². The minimum atomic E-state index is -0.698. The Morgan fingerprint density at radius 2 is 2.00 bits per heavy atom. The number of rotatable bonds is 5. The van der Waals surface area contributed by atoms with E-state index in [4.69, 9.17) is 10.5 Å². The summed E-state index contributed by atoms with van der Waals surface area (Å²) in [5.41, 5.74) is 7.11. The number of hydrogen-bond acceptors (Lipinski definition) is 6. The van der Waals surface area contributed by atoms with Gasteiger partial charge in [-0.05, 0) is 25.1 Å². The number of ether oxygens (including phenoxy) is 2. The van der Waals surface area contributed by atoms with Crippen molar-refractivity contribution in [2.75, 3.05) is 18.9 Å². The largest absolute Gasteiger partial charge is 0.463 e. The third-order valence-electron chi connectivity index (χ3n) is 2.61. The molecule has 2 rings (SSSR count). The lowest BCUT2D eigenvalue weighted by Gasteiger charge is -2.04. The summed E-state index contributed by atoms with van der Waals surface area (Å²) in [5.74, 6) is -1.30. The third-order valence-corrected chi connectivity index (χ3v) is 2.61. The lowest BCUT2D eigenvalue weighted by Crippen LogP contribution is -2.17. The van der Waals surface area contributed by atoms with E-state index in [1.54, 1.807) is 31.3 Å². The fraction of sp³-hybridized carbons (Fsp3) is 0.214. The number of anilines is 1. The Morgan fingerprint density at radius 3 is 2.71 bits per heavy atom. The van der Waals surface area contributed by atoms with E-state index in [2.05, 4.69) is 9.84 Å². The molecular weight excluding hydrogens is 274 g/mol. The Hall–Kier alpha value is -2.83. The van der Waals surface area contributed by atoms with Crippen LogP contribution in [0.3, 0.4) is 0 Å². The number of hydrogen-bond donors (Lipinski definition) is 1. The molecule has 110 valence electrons. The van der Waals surface area contributed by atoms with Crippen LogP contribution in [0, 0.1) is 0 Å². The maximum absolute atomic E-state index is 11.7. The standard InChI is InChI=1S/C14H15N3O4/c1-2-20-13(18)9-21-14(19)11-7-8-17(16-11)12-6-4-3-5-10(12)15/h3-8H,2,9,15H2,1H3. The maximum atomic E-state index is 11.7. The van der Waals surface area contributed by atoms with Crippen LogP contribution in [0.1, 0.15) is 17.4 Å². The molecule has 1 heterocycles. The van der Waals surface area contributed by atoms with Crippen molar-refractivity contribution in [2.24, 2.45) is 0 Å². The van der Waals surface area contributed by atoms with E-state index in [0.29, 0.717) is 11.4 Å². The Labute approximate surface area is 121 Å². The zero-order chi connectivity index (χ0) is 15.2. The molecule has 7 nitrogen and oxygen atoms in total. The van der Waals surface area contributed by atoms with E-state index in [0.717, 1.165) is 0 Å². The van der Waals surface area contributed by atoms with Crippen molar-refractivity contribution in [1.29, 1.82) is 0 Å². The van der Waals surface area contributed by atoms with Crippen molar-refractivity contribution in [2.45, 2.75) is 6.92 Å². The van der Waals surface area contributed by atoms with Crippen molar-refractivity contribution < 1.29 is 19.1 Å². The summed E-state index contributed by atoms with van der Waals surface area (Å²) in [4.78, 5) is 22.9. The highest BCUT2D eigenvalue weighted by atomic mass is 16.6. The average Bonchev–Trinajstić information content (AvgIpc) is 2.95. The molecule has 0 radical (unpaired) electrons. The molecule has 1 aromatic carbocycles. The smallest absolute Gasteiger partial charge is 0.359 e. The van der Waals surface area contributed by atoms with Gasteiger partial charge in [-0.2, -0.15) is 5.10 Å². The molecule has 21 heavy (non-hydrogen) atoms. The second kappa shape index (κ2) is 6.56. The highest BCUT2D eigenvalue weighted by Gasteiger charge is 2.14. The van der Waals surface area contributed by atoms with E-state index in [9.17, 15) is 9.59 Å². The number of nitrogen functional groups attached to an aromatic ring is 1. The van der Waals surface area contributed by atoms with Gasteiger partial charge in [-0.15, -0.1) is 0 Å². The number of carbonyl (C=O) groups is 2. The monoisotopic (exact) mass is 289 g/mol. The molecule has 2 aromatic rings. The van der Waals surface area contributed by atoms with Crippen molar-refractivity contribution in [3.05, 3.63) is 42.2 Å². The summed E-state index contributed by atoms with van der Waals surface area (Å²) in [5, 5.41) is 4.08. The van der Waals surface area contributed by atoms with E-state index in [1.807, 2.05) is 6.07 Å². The predicted octanol–water partition coefficient (Wildman–Crippen LogP) is 1.17. The normalized spacial score (nSPS) is 10.1. The molecule has 7 heteroatoms. The van der Waals surface area contributed by atoms with Gasteiger partial charge in [0, 0.05) is 6.20 Å². The highest BCUT2D eigenvalue weighted by molar-refractivity contribution is 5.88. The zero-order valence-corrected chi connectivity index (χ0v) is 11.5. The van der Waals surface area contributed by atoms with Gasteiger partial charge in [-0.3, -0.25) is 0 Å². The van der Waals surface area contributed by atoms with Crippen LogP contribution >= 0.6 is 0 Å². The van der Waals surface area contributed by atoms with Gasteiger partial charge in [0.15, 0.2) is 12.3 Å².